The fraction of sp³-hybridized carbons (Fsp3) is 0.423. The van der Waals surface area contributed by atoms with Gasteiger partial charge in [-0.1, -0.05) is 48.5 Å². The zero-order chi connectivity index (χ0) is 24.2. The van der Waals surface area contributed by atoms with Gasteiger partial charge in [0.2, 0.25) is 5.91 Å². The molecule has 1 fully saturated rings. The predicted molar refractivity (Wildman–Crippen MR) is 128 cm³/mol. The summed E-state index contributed by atoms with van der Waals surface area (Å²) in [6, 6.07) is 15.1. The van der Waals surface area contributed by atoms with Gasteiger partial charge < -0.3 is 25.0 Å². The Balaban J connectivity index is 1.43. The van der Waals surface area contributed by atoms with Crippen LogP contribution in [0.4, 0.5) is 4.79 Å². The van der Waals surface area contributed by atoms with Gasteiger partial charge in [-0.25, -0.2) is 4.79 Å². The first-order valence-corrected chi connectivity index (χ1v) is 11.7. The van der Waals surface area contributed by atoms with Crippen molar-refractivity contribution in [2.24, 2.45) is 0 Å². The summed E-state index contributed by atoms with van der Waals surface area (Å²) < 4.78 is 5.58. The van der Waals surface area contributed by atoms with Crippen molar-refractivity contribution in [3.8, 4) is 11.1 Å². The van der Waals surface area contributed by atoms with Crippen LogP contribution >= 0.6 is 0 Å². The van der Waals surface area contributed by atoms with E-state index in [9.17, 15) is 14.4 Å². The van der Waals surface area contributed by atoms with E-state index in [0.29, 0.717) is 6.54 Å². The lowest BCUT2D eigenvalue weighted by Crippen LogP contribution is -2.58. The molecule has 2 unspecified atom stereocenters. The zero-order valence-corrected chi connectivity index (χ0v) is 19.6. The van der Waals surface area contributed by atoms with E-state index < -0.39 is 18.1 Å². The van der Waals surface area contributed by atoms with Gasteiger partial charge in [-0.15, -0.1) is 0 Å². The molecule has 180 valence electrons. The highest BCUT2D eigenvalue weighted by molar-refractivity contribution is 5.86. The molecule has 8 heteroatoms. The van der Waals surface area contributed by atoms with Crippen LogP contribution in [0.15, 0.2) is 48.5 Å². The van der Waals surface area contributed by atoms with E-state index in [0.717, 1.165) is 35.3 Å². The highest BCUT2D eigenvalue weighted by atomic mass is 16.5. The number of fused-ring (bicyclic) bond motifs is 3. The lowest BCUT2D eigenvalue weighted by Gasteiger charge is -2.39. The highest BCUT2D eigenvalue weighted by Gasteiger charge is 2.33. The Labute approximate surface area is 199 Å². The molecular weight excluding hydrogens is 434 g/mol. The second-order valence-corrected chi connectivity index (χ2v) is 9.10. The number of rotatable bonds is 7. The lowest BCUT2D eigenvalue weighted by molar-refractivity contribution is -0.139. The second kappa shape index (κ2) is 10.3. The number of alkyl carbamates (subject to hydrolysis) is 1. The van der Waals surface area contributed by atoms with Gasteiger partial charge in [0.1, 0.15) is 12.6 Å². The fourth-order valence-electron chi connectivity index (χ4n) is 4.97. The normalized spacial score (nSPS) is 18.6. The van der Waals surface area contributed by atoms with Crippen molar-refractivity contribution in [2.75, 3.05) is 33.3 Å². The number of aliphatic carboxylic acids is 1. The summed E-state index contributed by atoms with van der Waals surface area (Å²) in [5.74, 6) is -1.38. The molecule has 2 aromatic carbocycles. The fourth-order valence-corrected chi connectivity index (χ4v) is 4.97. The number of ether oxygens (including phenoxy) is 1. The summed E-state index contributed by atoms with van der Waals surface area (Å²) in [4.78, 5) is 40.9. The van der Waals surface area contributed by atoms with Crippen molar-refractivity contribution in [3.05, 3.63) is 59.7 Å². The molecule has 0 saturated carbocycles. The minimum Gasteiger partial charge on any atom is -0.481 e. The number of nitrogens with one attached hydrogen (secondary N) is 1. The number of piperazine rings is 1. The van der Waals surface area contributed by atoms with Crippen LogP contribution in [0, 0.1) is 0 Å². The lowest BCUT2D eigenvalue weighted by atomic mass is 9.98. The number of amides is 2. The van der Waals surface area contributed by atoms with Crippen LogP contribution in [-0.2, 0) is 14.3 Å². The van der Waals surface area contributed by atoms with E-state index in [1.807, 2.05) is 50.4 Å². The molecule has 1 heterocycles. The third-order valence-corrected chi connectivity index (χ3v) is 6.69. The van der Waals surface area contributed by atoms with Gasteiger partial charge in [0, 0.05) is 38.0 Å². The molecule has 34 heavy (non-hydrogen) atoms. The van der Waals surface area contributed by atoms with E-state index in [1.165, 1.54) is 0 Å². The Kier molecular flexibility index (Phi) is 7.17. The molecule has 0 bridgehead atoms. The summed E-state index contributed by atoms with van der Waals surface area (Å²) in [5, 5.41) is 11.8. The summed E-state index contributed by atoms with van der Waals surface area (Å²) in [5.41, 5.74) is 4.46. The van der Waals surface area contributed by atoms with Gasteiger partial charge in [0.15, 0.2) is 0 Å². The molecule has 1 saturated heterocycles. The summed E-state index contributed by atoms with van der Waals surface area (Å²) >= 11 is 0. The predicted octanol–water partition coefficient (Wildman–Crippen LogP) is 2.92. The van der Waals surface area contributed by atoms with Gasteiger partial charge in [-0.3, -0.25) is 9.59 Å². The first-order valence-electron chi connectivity index (χ1n) is 11.7. The molecule has 2 atom stereocenters. The molecule has 8 nitrogen and oxygen atoms in total. The van der Waals surface area contributed by atoms with Crippen LogP contribution < -0.4 is 5.32 Å². The number of carboxylic acids is 1. The SMILES string of the molecule is CC1CN(C)CCN1C(=O)C(CCC(=O)O)NC(=O)OCC1c2ccccc2-c2ccccc21. The maximum Gasteiger partial charge on any atom is 0.407 e. The van der Waals surface area contributed by atoms with Crippen molar-refractivity contribution in [1.29, 1.82) is 0 Å². The first-order chi connectivity index (χ1) is 16.3. The van der Waals surface area contributed by atoms with Gasteiger partial charge in [-0.2, -0.15) is 0 Å². The van der Waals surface area contributed by atoms with Crippen LogP contribution in [-0.4, -0.2) is 78.2 Å². The number of carbonyl (C=O) groups is 3. The standard InChI is InChI=1S/C26H31N3O5/c1-17-15-28(2)13-14-29(17)25(32)23(11-12-24(30)31)27-26(33)34-16-22-20-9-5-3-7-18(20)19-8-4-6-10-21(19)22/h3-10,17,22-23H,11-16H2,1-2H3,(H,27,33)(H,30,31). The van der Waals surface area contributed by atoms with Crippen LogP contribution in [0.3, 0.4) is 0 Å². The van der Waals surface area contributed by atoms with Crippen LogP contribution in [0.2, 0.25) is 0 Å². The molecular formula is C26H31N3O5. The summed E-state index contributed by atoms with van der Waals surface area (Å²) in [7, 11) is 2.00. The maximum absolute atomic E-state index is 13.2. The monoisotopic (exact) mass is 465 g/mol. The van der Waals surface area contributed by atoms with Gasteiger partial charge in [-0.05, 0) is 42.6 Å². The van der Waals surface area contributed by atoms with Crippen LogP contribution in [0.25, 0.3) is 11.1 Å². The largest absolute Gasteiger partial charge is 0.481 e. The third-order valence-electron chi connectivity index (χ3n) is 6.69. The number of likely N-dealkylation sites (N-methyl/N-ethyl adjacent to an activating group) is 1. The maximum atomic E-state index is 13.2. The van der Waals surface area contributed by atoms with Crippen molar-refractivity contribution < 1.29 is 24.2 Å². The number of hydrogen-bond donors (Lipinski definition) is 2. The number of carboxylic acid groups (broad SMARTS) is 1. The number of carbonyl (C=O) groups excluding carboxylic acids is 2. The Morgan fingerprint density at radius 1 is 1.06 bits per heavy atom. The first kappa shape index (κ1) is 23.8. The molecule has 2 aliphatic rings. The van der Waals surface area contributed by atoms with Crippen LogP contribution in [0.1, 0.15) is 36.8 Å². The minimum atomic E-state index is -1.02. The molecule has 0 aromatic heterocycles. The van der Waals surface area contributed by atoms with Gasteiger partial charge in [0.25, 0.3) is 0 Å². The molecule has 4 rings (SSSR count). The Hall–Kier alpha value is -3.39. The quantitative estimate of drug-likeness (QED) is 0.652. The van der Waals surface area contributed by atoms with E-state index in [2.05, 4.69) is 22.3 Å². The van der Waals surface area contributed by atoms with E-state index >= 15 is 0 Å². The highest BCUT2D eigenvalue weighted by Crippen LogP contribution is 2.44. The average Bonchev–Trinajstić information content (AvgIpc) is 3.13. The molecule has 0 spiro atoms. The third kappa shape index (κ3) is 5.07. The molecule has 1 aliphatic carbocycles. The molecule has 1 aliphatic heterocycles. The van der Waals surface area contributed by atoms with E-state index in [-0.39, 0.29) is 37.3 Å². The topological polar surface area (TPSA) is 99.2 Å². The van der Waals surface area contributed by atoms with E-state index in [4.69, 9.17) is 9.84 Å². The van der Waals surface area contributed by atoms with E-state index in [1.54, 1.807) is 4.90 Å². The molecule has 2 amide bonds. The molecule has 2 aromatic rings. The van der Waals surface area contributed by atoms with Crippen LogP contribution in [0.5, 0.6) is 0 Å². The van der Waals surface area contributed by atoms with Crippen molar-refractivity contribution >= 4 is 18.0 Å². The second-order valence-electron chi connectivity index (χ2n) is 9.10. The van der Waals surface area contributed by atoms with Crippen molar-refractivity contribution in [3.63, 3.8) is 0 Å². The average molecular weight is 466 g/mol. The van der Waals surface area contributed by atoms with Gasteiger partial charge in [0.05, 0.1) is 0 Å². The molecule has 0 radical (unpaired) electrons. The smallest absolute Gasteiger partial charge is 0.407 e. The number of nitrogens with zero attached hydrogens (tertiary/aromatic N) is 2. The summed E-state index contributed by atoms with van der Waals surface area (Å²) in [6.07, 6.45) is -0.924. The zero-order valence-electron chi connectivity index (χ0n) is 19.6. The molecule has 2 N–H and O–H groups in total. The van der Waals surface area contributed by atoms with Gasteiger partial charge >= 0.3 is 12.1 Å². The number of benzene rings is 2. The van der Waals surface area contributed by atoms with Crippen molar-refractivity contribution in [1.82, 2.24) is 15.1 Å². The Morgan fingerprint density at radius 2 is 1.68 bits per heavy atom. The van der Waals surface area contributed by atoms with Crippen molar-refractivity contribution in [2.45, 2.75) is 37.8 Å². The Bertz CT molecular complexity index is 1030. The Morgan fingerprint density at radius 3 is 2.26 bits per heavy atom. The minimum absolute atomic E-state index is 0.0113. The number of hydrogen-bond acceptors (Lipinski definition) is 5. The summed E-state index contributed by atoms with van der Waals surface area (Å²) in [6.45, 7) is 4.07.